The molecule has 1 saturated heterocycles. The smallest absolute Gasteiger partial charge is 0.190 e. The maximum absolute atomic E-state index is 12.9. The second-order valence-electron chi connectivity index (χ2n) is 6.67. The standard InChI is InChI=1S/C15H16O4/c1-8-5-14-9(13(8,2)3)6-15(12(14)17)11(4-10(14)16)18-7-19-15/h4,9H,1,5-7H2,2-3H3. The highest BCUT2D eigenvalue weighted by atomic mass is 16.7. The van der Waals surface area contributed by atoms with Crippen LogP contribution >= 0.6 is 0 Å². The van der Waals surface area contributed by atoms with Crippen LogP contribution in [0.25, 0.3) is 0 Å². The van der Waals surface area contributed by atoms with Gasteiger partial charge in [0.15, 0.2) is 24.0 Å². The fourth-order valence-electron chi connectivity index (χ4n) is 4.45. The topological polar surface area (TPSA) is 52.6 Å². The van der Waals surface area contributed by atoms with Crippen molar-refractivity contribution in [3.8, 4) is 0 Å². The summed E-state index contributed by atoms with van der Waals surface area (Å²) < 4.78 is 11.0. The number of hydrogen-bond acceptors (Lipinski definition) is 4. The summed E-state index contributed by atoms with van der Waals surface area (Å²) >= 11 is 0. The molecule has 19 heavy (non-hydrogen) atoms. The van der Waals surface area contributed by atoms with Gasteiger partial charge in [-0.1, -0.05) is 26.0 Å². The highest BCUT2D eigenvalue weighted by Crippen LogP contribution is 2.69. The maximum Gasteiger partial charge on any atom is 0.190 e. The van der Waals surface area contributed by atoms with Gasteiger partial charge < -0.3 is 9.47 Å². The van der Waals surface area contributed by atoms with Gasteiger partial charge in [-0.05, 0) is 24.2 Å². The van der Waals surface area contributed by atoms with E-state index >= 15 is 0 Å². The van der Waals surface area contributed by atoms with Crippen LogP contribution < -0.4 is 0 Å². The zero-order chi connectivity index (χ0) is 13.6. The number of carbonyl (C=O) groups is 2. The lowest BCUT2D eigenvalue weighted by Crippen LogP contribution is -2.49. The molecule has 2 bridgehead atoms. The molecule has 2 spiro atoms. The molecule has 3 unspecified atom stereocenters. The van der Waals surface area contributed by atoms with Gasteiger partial charge in [0.05, 0.1) is 0 Å². The van der Waals surface area contributed by atoms with Crippen LogP contribution in [0.3, 0.4) is 0 Å². The zero-order valence-electron chi connectivity index (χ0n) is 11.1. The van der Waals surface area contributed by atoms with Crippen LogP contribution in [0, 0.1) is 16.7 Å². The van der Waals surface area contributed by atoms with Crippen LogP contribution in [-0.4, -0.2) is 24.0 Å². The van der Waals surface area contributed by atoms with Crippen LogP contribution in [0.5, 0.6) is 0 Å². The molecule has 4 aliphatic rings. The van der Waals surface area contributed by atoms with Crippen molar-refractivity contribution in [1.82, 2.24) is 0 Å². The molecule has 4 heteroatoms. The largest absolute Gasteiger partial charge is 0.468 e. The van der Waals surface area contributed by atoms with Crippen molar-refractivity contribution < 1.29 is 19.1 Å². The minimum Gasteiger partial charge on any atom is -0.468 e. The molecule has 0 aromatic rings. The maximum atomic E-state index is 12.9. The van der Waals surface area contributed by atoms with Crippen LogP contribution in [0.4, 0.5) is 0 Å². The number of ether oxygens (including phenoxy) is 2. The van der Waals surface area contributed by atoms with Crippen molar-refractivity contribution in [3.05, 3.63) is 24.0 Å². The van der Waals surface area contributed by atoms with Gasteiger partial charge in [0, 0.05) is 6.08 Å². The first-order valence-corrected chi connectivity index (χ1v) is 6.62. The van der Waals surface area contributed by atoms with E-state index in [-0.39, 0.29) is 29.7 Å². The predicted molar refractivity (Wildman–Crippen MR) is 65.9 cm³/mol. The Balaban J connectivity index is 1.99. The Morgan fingerprint density at radius 2 is 2.11 bits per heavy atom. The molecule has 0 aromatic carbocycles. The van der Waals surface area contributed by atoms with Gasteiger partial charge in [-0.3, -0.25) is 9.59 Å². The second kappa shape index (κ2) is 2.85. The van der Waals surface area contributed by atoms with E-state index in [1.54, 1.807) is 0 Å². The lowest BCUT2D eigenvalue weighted by molar-refractivity contribution is -0.146. The van der Waals surface area contributed by atoms with E-state index in [0.717, 1.165) is 5.57 Å². The van der Waals surface area contributed by atoms with Crippen molar-refractivity contribution in [3.63, 3.8) is 0 Å². The zero-order valence-corrected chi connectivity index (χ0v) is 11.1. The molecule has 0 amide bonds. The molecule has 3 atom stereocenters. The van der Waals surface area contributed by atoms with E-state index in [9.17, 15) is 9.59 Å². The third kappa shape index (κ3) is 0.929. The normalized spacial score (nSPS) is 45.9. The van der Waals surface area contributed by atoms with E-state index in [4.69, 9.17) is 9.47 Å². The van der Waals surface area contributed by atoms with Gasteiger partial charge in [0.1, 0.15) is 11.2 Å². The summed E-state index contributed by atoms with van der Waals surface area (Å²) in [6.45, 7) is 8.29. The summed E-state index contributed by atoms with van der Waals surface area (Å²) in [6, 6.07) is 0. The molecule has 1 aliphatic heterocycles. The minimum absolute atomic E-state index is 0.0389. The monoisotopic (exact) mass is 260 g/mol. The summed E-state index contributed by atoms with van der Waals surface area (Å²) in [4.78, 5) is 25.5. The van der Waals surface area contributed by atoms with Gasteiger partial charge in [-0.25, -0.2) is 0 Å². The molecule has 3 fully saturated rings. The molecular formula is C15H16O4. The Morgan fingerprint density at radius 1 is 1.37 bits per heavy atom. The number of hydrogen-bond donors (Lipinski definition) is 0. The molecular weight excluding hydrogens is 244 g/mol. The SMILES string of the molecule is C=C1CC23C(=O)C=C4OCOC4(CC2C1(C)C)C3=O. The fourth-order valence-corrected chi connectivity index (χ4v) is 4.45. The van der Waals surface area contributed by atoms with Crippen molar-refractivity contribution >= 4 is 11.6 Å². The van der Waals surface area contributed by atoms with Gasteiger partial charge in [-0.2, -0.15) is 0 Å². The quantitative estimate of drug-likeness (QED) is 0.492. The Labute approximate surface area is 111 Å². The molecule has 0 aromatic heterocycles. The Bertz CT molecular complexity index is 585. The molecule has 4 rings (SSSR count). The minimum atomic E-state index is -0.990. The lowest BCUT2D eigenvalue weighted by Gasteiger charge is -2.31. The van der Waals surface area contributed by atoms with Crippen LogP contribution in [0.1, 0.15) is 26.7 Å². The van der Waals surface area contributed by atoms with Crippen molar-refractivity contribution in [2.24, 2.45) is 16.7 Å². The molecule has 100 valence electrons. The Morgan fingerprint density at radius 3 is 2.84 bits per heavy atom. The second-order valence-corrected chi connectivity index (χ2v) is 6.67. The highest BCUT2D eigenvalue weighted by molar-refractivity contribution is 6.21. The average molecular weight is 260 g/mol. The number of Topliss-reactive ketones (excluding diaryl/α,β-unsaturated/α-hetero) is 1. The molecule has 2 saturated carbocycles. The predicted octanol–water partition coefficient (Wildman–Crippen LogP) is 1.76. The third-order valence-corrected chi connectivity index (χ3v) is 5.75. The van der Waals surface area contributed by atoms with Gasteiger partial charge >= 0.3 is 0 Å². The summed E-state index contributed by atoms with van der Waals surface area (Å²) in [7, 11) is 0. The van der Waals surface area contributed by atoms with E-state index in [2.05, 4.69) is 20.4 Å². The fraction of sp³-hybridized carbons (Fsp3) is 0.600. The number of allylic oxidation sites excluding steroid dienone is 2. The van der Waals surface area contributed by atoms with Crippen molar-refractivity contribution in [2.45, 2.75) is 32.3 Å². The summed E-state index contributed by atoms with van der Waals surface area (Å²) in [6.07, 6.45) is 2.48. The summed E-state index contributed by atoms with van der Waals surface area (Å²) in [5.41, 5.74) is -1.16. The molecule has 0 radical (unpaired) electrons. The lowest BCUT2D eigenvalue weighted by atomic mass is 9.69. The molecule has 4 nitrogen and oxygen atoms in total. The third-order valence-electron chi connectivity index (χ3n) is 5.75. The van der Waals surface area contributed by atoms with Crippen LogP contribution in [0.2, 0.25) is 0 Å². The van der Waals surface area contributed by atoms with Gasteiger partial charge in [0.25, 0.3) is 0 Å². The van der Waals surface area contributed by atoms with Crippen LogP contribution in [-0.2, 0) is 19.1 Å². The van der Waals surface area contributed by atoms with Gasteiger partial charge in [0.2, 0.25) is 0 Å². The number of rotatable bonds is 0. The van der Waals surface area contributed by atoms with Crippen LogP contribution in [0.15, 0.2) is 24.0 Å². The molecule has 3 aliphatic carbocycles. The van der Waals surface area contributed by atoms with E-state index in [1.165, 1.54) is 6.08 Å². The molecule has 1 heterocycles. The summed E-state index contributed by atoms with van der Waals surface area (Å²) in [5, 5.41) is 0. The first-order valence-electron chi connectivity index (χ1n) is 6.62. The van der Waals surface area contributed by atoms with E-state index < -0.39 is 11.0 Å². The van der Waals surface area contributed by atoms with Crippen molar-refractivity contribution in [1.29, 1.82) is 0 Å². The molecule has 0 N–H and O–H groups in total. The Hall–Kier alpha value is -1.42. The number of ketones is 2. The first kappa shape index (κ1) is 11.4. The summed E-state index contributed by atoms with van der Waals surface area (Å²) in [5.74, 6) is 0.159. The van der Waals surface area contributed by atoms with E-state index in [0.29, 0.717) is 18.6 Å². The highest BCUT2D eigenvalue weighted by Gasteiger charge is 2.76. The first-order chi connectivity index (χ1) is 8.85. The van der Waals surface area contributed by atoms with Gasteiger partial charge in [-0.15, -0.1) is 0 Å². The van der Waals surface area contributed by atoms with Crippen molar-refractivity contribution in [2.75, 3.05) is 6.79 Å². The van der Waals surface area contributed by atoms with E-state index in [1.807, 2.05) is 0 Å². The average Bonchev–Trinajstić information content (AvgIpc) is 2.89. The Kier molecular flexibility index (Phi) is 1.71. The number of carbonyl (C=O) groups excluding carboxylic acids is 2.